The number of hydrogen-bond acceptors (Lipinski definition) is 14. The zero-order valence-electron chi connectivity index (χ0n) is 52.0. The van der Waals surface area contributed by atoms with Crippen LogP contribution >= 0.6 is 70.2 Å². The Bertz CT molecular complexity index is 4240. The van der Waals surface area contributed by atoms with Gasteiger partial charge in [0.2, 0.25) is 5.91 Å². The maximum atomic E-state index is 11.6. The number of thiocarbonyl (C=S) groups is 2. The molecule has 1 saturated heterocycles. The van der Waals surface area contributed by atoms with Crippen molar-refractivity contribution in [2.24, 2.45) is 11.8 Å². The van der Waals surface area contributed by atoms with Crippen LogP contribution in [0.2, 0.25) is 0 Å². The van der Waals surface area contributed by atoms with Gasteiger partial charge in [0, 0.05) is 46.5 Å². The van der Waals surface area contributed by atoms with Gasteiger partial charge in [-0.25, -0.2) is 0 Å². The highest BCUT2D eigenvalue weighted by atomic mass is 32.2. The second-order valence-electron chi connectivity index (χ2n) is 22.7. The summed E-state index contributed by atoms with van der Waals surface area (Å²) in [7, 11) is 1.51. The fourth-order valence-electron chi connectivity index (χ4n) is 10.9. The van der Waals surface area contributed by atoms with Gasteiger partial charge in [0.1, 0.15) is 5.78 Å². The summed E-state index contributed by atoms with van der Waals surface area (Å²) in [4.78, 5) is 78.1. The number of aromatic amines is 3. The minimum atomic E-state index is -0.123. The van der Waals surface area contributed by atoms with E-state index in [0.29, 0.717) is 64.1 Å². The molecule has 480 valence electrons. The Labute approximate surface area is 564 Å². The van der Waals surface area contributed by atoms with Gasteiger partial charge in [-0.3, -0.25) is 28.8 Å². The van der Waals surface area contributed by atoms with Crippen molar-refractivity contribution in [3.63, 3.8) is 0 Å². The van der Waals surface area contributed by atoms with Crippen molar-refractivity contribution in [2.75, 3.05) is 7.11 Å². The first kappa shape index (κ1) is 71.7. The minimum Gasteiger partial charge on any atom is -0.504 e. The zero-order valence-corrected chi connectivity index (χ0v) is 56.9. The predicted molar refractivity (Wildman–Crippen MR) is 394 cm³/mol. The van der Waals surface area contributed by atoms with Gasteiger partial charge in [0.15, 0.2) is 17.3 Å². The van der Waals surface area contributed by atoms with E-state index in [4.69, 9.17) is 29.2 Å². The smallest absolute Gasteiger partial charge is 0.266 e. The first-order valence-electron chi connectivity index (χ1n) is 30.8. The highest BCUT2D eigenvalue weighted by Gasteiger charge is 2.31. The summed E-state index contributed by atoms with van der Waals surface area (Å²) in [6, 6.07) is 33.5. The molecule has 1 aliphatic heterocycles. The SMILES string of the molecule is C=C1NC(=O)C(CC2CCCCC2)S1.C=CCc1cc(C/C=c2\sc(=C)[nH]c2=O)cc(OC)c1O.C=c1[nH]c(=O)/c(=C/C2CCCCC2)s1.C=c1[nH]c(=O)/c(=C/Cc2ccccc2)s1.O=C1CC(=S)/C(=C\c2ccccc2)C1.O=C1CC(=S)C/C1=C/c1ccccc1. The van der Waals surface area contributed by atoms with Crippen LogP contribution in [0.4, 0.5) is 0 Å². The number of H-pyrrole nitrogens is 3. The van der Waals surface area contributed by atoms with Crippen LogP contribution in [0.15, 0.2) is 153 Å². The molecule has 4 aliphatic carbocycles. The predicted octanol–water partition coefficient (Wildman–Crippen LogP) is 11.7. The fraction of sp³-hybridized carbons (Fsp3) is 0.297. The average Bonchev–Trinajstić information content (AvgIpc) is 2.02. The van der Waals surface area contributed by atoms with E-state index in [1.807, 2.05) is 121 Å². The number of carbonyl (C=O) groups is 3. The van der Waals surface area contributed by atoms with Crippen molar-refractivity contribution in [1.82, 2.24) is 20.3 Å². The molecule has 0 spiro atoms. The molecular formula is C74H80N4O8S6. The van der Waals surface area contributed by atoms with Crippen molar-refractivity contribution in [2.45, 2.75) is 121 Å². The lowest BCUT2D eigenvalue weighted by Crippen LogP contribution is -2.24. The molecule has 18 heteroatoms. The van der Waals surface area contributed by atoms with E-state index in [0.717, 1.165) is 80.6 Å². The number of carbonyl (C=O) groups excluding carboxylic acids is 3. The van der Waals surface area contributed by atoms with E-state index < -0.39 is 0 Å². The standard InChI is InChI=1S/C16H17NO3S.C12H11NOS.2C12H10OS.C11H17NOS.C11H15NOS/c1-4-5-12-8-11(9-13(20-3)15(12)18)6-7-14-16(19)17-10(2)21-14;1-9-13-12(14)11(15-9)8-7-10-5-3-2-4-6-10;13-12-8-11(14)7-10(12)6-9-4-2-1-3-5-9;13-11-7-10(12(14)8-11)6-9-4-2-1-3-5-9;2*1-8-12-11(13)10(14-8)7-9-5-3-2-4-6-9/h4,7-9,18H,1-2,5-6H2,3H3,(H,17,19);2-6,8H,1,7H2,(H,13,14);2*1-6H,7-8H2;9-10H,1-7H2,(H,12,13);7,9H,1-6H2,(H,12,13)/b14-7-;11-8-;2*10-6-;;10-7-. The third kappa shape index (κ3) is 23.8. The summed E-state index contributed by atoms with van der Waals surface area (Å²) < 4.78 is 9.51. The number of thiazole rings is 3. The number of amides is 1. The van der Waals surface area contributed by atoms with Crippen LogP contribution in [0, 0.1) is 11.8 Å². The second-order valence-corrected chi connectivity index (χ2v) is 28.5. The van der Waals surface area contributed by atoms with E-state index in [2.05, 4.69) is 59.2 Å². The Balaban J connectivity index is 0.000000158. The Morgan fingerprint density at radius 1 is 0.598 bits per heavy atom. The molecule has 3 aromatic heterocycles. The van der Waals surface area contributed by atoms with E-state index in [9.17, 15) is 33.9 Å². The van der Waals surface area contributed by atoms with Crippen molar-refractivity contribution < 1.29 is 24.2 Å². The van der Waals surface area contributed by atoms with Crippen LogP contribution in [0.1, 0.15) is 124 Å². The molecule has 0 bridgehead atoms. The van der Waals surface area contributed by atoms with E-state index in [1.54, 1.807) is 23.9 Å². The monoisotopic (exact) mass is 1340 g/mol. The van der Waals surface area contributed by atoms with Gasteiger partial charge in [-0.05, 0) is 90.3 Å². The van der Waals surface area contributed by atoms with Gasteiger partial charge in [-0.2, -0.15) is 0 Å². The molecule has 1 unspecified atom stereocenters. The van der Waals surface area contributed by atoms with Crippen LogP contribution < -0.4 is 54.3 Å². The first-order chi connectivity index (χ1) is 44.3. The first-order valence-corrected chi connectivity index (χ1v) is 34.9. The quantitative estimate of drug-likeness (QED) is 0.0444. The van der Waals surface area contributed by atoms with Crippen molar-refractivity contribution in [3.05, 3.63) is 225 Å². The third-order valence-electron chi connectivity index (χ3n) is 15.5. The maximum Gasteiger partial charge on any atom is 0.266 e. The average molecular weight is 1350 g/mol. The Kier molecular flexibility index (Phi) is 28.9. The topological polar surface area (TPSA) is 191 Å². The maximum absolute atomic E-state index is 11.6. The number of aromatic hydroxyl groups is 1. The lowest BCUT2D eigenvalue weighted by molar-refractivity contribution is -0.119. The van der Waals surface area contributed by atoms with Gasteiger partial charge in [-0.1, -0.05) is 241 Å². The number of aromatic nitrogens is 3. The number of Topliss-reactive ketones (excluding diaryl/α,β-unsaturated/α-hetero) is 2. The van der Waals surface area contributed by atoms with E-state index in [-0.39, 0.29) is 45.2 Å². The number of rotatable bonds is 12. The number of allylic oxidation sites excluding steroid dienone is 3. The van der Waals surface area contributed by atoms with Crippen molar-refractivity contribution >= 4 is 148 Å². The Hall–Kier alpha value is -7.71. The summed E-state index contributed by atoms with van der Waals surface area (Å²) in [6.07, 6.45) is 29.8. The summed E-state index contributed by atoms with van der Waals surface area (Å²) in [5, 5.41) is 13.8. The number of thioether (sulfide) groups is 1. The molecule has 1 amide bonds. The lowest BCUT2D eigenvalue weighted by Gasteiger charge is -2.22. The van der Waals surface area contributed by atoms with Gasteiger partial charge in [0.25, 0.3) is 16.7 Å². The number of phenolic OH excluding ortho intramolecular Hbond substituents is 1. The van der Waals surface area contributed by atoms with Crippen LogP contribution in [-0.4, -0.2) is 59.6 Å². The van der Waals surface area contributed by atoms with Crippen LogP contribution in [0.25, 0.3) is 50.1 Å². The molecule has 5 aliphatic rings. The third-order valence-corrected chi connectivity index (χ3v) is 20.0. The molecule has 1 atom stereocenters. The van der Waals surface area contributed by atoms with Gasteiger partial charge in [0.05, 0.1) is 45.0 Å². The summed E-state index contributed by atoms with van der Waals surface area (Å²) >= 11 is 16.0. The number of benzene rings is 4. The minimum absolute atomic E-state index is 0.0329. The molecular weight excluding hydrogens is 1270 g/mol. The van der Waals surface area contributed by atoms with E-state index >= 15 is 0 Å². The number of ketones is 2. The van der Waals surface area contributed by atoms with Crippen molar-refractivity contribution in [1.29, 1.82) is 0 Å². The van der Waals surface area contributed by atoms with Crippen LogP contribution in [-0.2, 0) is 33.6 Å². The highest BCUT2D eigenvalue weighted by molar-refractivity contribution is 8.04. The molecule has 4 saturated carbocycles. The highest BCUT2D eigenvalue weighted by Crippen LogP contribution is 2.36. The number of ether oxygens (including phenoxy) is 1. The molecule has 7 aromatic rings. The number of nitrogens with one attached hydrogen (secondary N) is 4. The number of hydrogen-bond donors (Lipinski definition) is 5. The lowest BCUT2D eigenvalue weighted by atomic mass is 9.86. The van der Waals surface area contributed by atoms with Gasteiger partial charge >= 0.3 is 0 Å². The molecule has 5 fully saturated rings. The molecule has 4 heterocycles. The Morgan fingerprint density at radius 2 is 1.11 bits per heavy atom. The number of phenols is 1. The summed E-state index contributed by atoms with van der Waals surface area (Å²) in [6.45, 7) is 18.6. The molecule has 5 N–H and O–H groups in total. The molecule has 92 heavy (non-hydrogen) atoms. The Morgan fingerprint density at radius 3 is 1.57 bits per heavy atom. The van der Waals surface area contributed by atoms with Gasteiger partial charge < -0.3 is 30.1 Å². The largest absolute Gasteiger partial charge is 0.504 e. The second kappa shape index (κ2) is 37.1. The number of methoxy groups -OCH3 is 1. The molecule has 0 radical (unpaired) electrons. The molecule has 12 nitrogen and oxygen atoms in total. The van der Waals surface area contributed by atoms with Crippen LogP contribution in [0.5, 0.6) is 11.5 Å². The van der Waals surface area contributed by atoms with Crippen molar-refractivity contribution in [3.8, 4) is 11.5 Å². The molecule has 4 aromatic carbocycles. The van der Waals surface area contributed by atoms with Gasteiger partial charge in [-0.15, -0.1) is 40.6 Å². The van der Waals surface area contributed by atoms with E-state index in [1.165, 1.54) is 111 Å². The summed E-state index contributed by atoms with van der Waals surface area (Å²) in [5.41, 5.74) is 6.83. The molecule has 12 rings (SSSR count). The zero-order chi connectivity index (χ0) is 65.9. The van der Waals surface area contributed by atoms with Crippen LogP contribution in [0.3, 0.4) is 0 Å². The fourth-order valence-corrected chi connectivity index (χ4v) is 14.7. The summed E-state index contributed by atoms with van der Waals surface area (Å²) in [5.74, 6) is 2.54. The normalized spacial score (nSPS) is 18.0.